The maximum atomic E-state index is 11.0. The normalized spacial score (nSPS) is 14.7. The quantitative estimate of drug-likeness (QED) is 0.412. The summed E-state index contributed by atoms with van der Waals surface area (Å²) in [6.45, 7) is 1.95. The summed E-state index contributed by atoms with van der Waals surface area (Å²) < 4.78 is 3.28. The Morgan fingerprint density at radius 3 is 2.73 bits per heavy atom. The lowest BCUT2D eigenvalue weighted by molar-refractivity contribution is -0.142. The van der Waals surface area contributed by atoms with E-state index in [2.05, 4.69) is 17.4 Å². The molecule has 0 aromatic carbocycles. The molecule has 0 saturated heterocycles. The number of rotatable bonds is 3. The third-order valence-corrected chi connectivity index (χ3v) is 2.68. The zero-order valence-electron chi connectivity index (χ0n) is 6.33. The summed E-state index contributed by atoms with van der Waals surface area (Å²) in [6.07, 6.45) is 1.63. The molecule has 0 N–H and O–H groups in total. The molecule has 1 atom stereocenters. The lowest BCUT2D eigenvalue weighted by Crippen LogP contribution is -2.28. The largest absolute Gasteiger partial charge is 0.464 e. The van der Waals surface area contributed by atoms with Gasteiger partial charge in [0.05, 0.1) is 6.61 Å². The van der Waals surface area contributed by atoms with Gasteiger partial charge in [-0.15, -0.1) is 24.4 Å². The van der Waals surface area contributed by atoms with Crippen LogP contribution in [0.15, 0.2) is 0 Å². The predicted octanol–water partition coefficient (Wildman–Crippen LogP) is 1.06. The molecule has 0 rings (SSSR count). The van der Waals surface area contributed by atoms with Crippen molar-refractivity contribution in [3.05, 3.63) is 0 Å². The van der Waals surface area contributed by atoms with Gasteiger partial charge in [0.2, 0.25) is 4.08 Å². The predicted molar refractivity (Wildman–Crippen MR) is 47.5 cm³/mol. The summed E-state index contributed by atoms with van der Waals surface area (Å²) >= 11 is 4.92. The Hall–Kier alpha value is -0.340. The van der Waals surface area contributed by atoms with E-state index in [-0.39, 0.29) is 6.61 Å². The summed E-state index contributed by atoms with van der Waals surface area (Å²) in [5, 5.41) is 8.53. The number of hydrogen-bond acceptors (Lipinski definition) is 5. The molecule has 0 fully saturated rings. The Kier molecular flexibility index (Phi) is 4.38. The van der Waals surface area contributed by atoms with Gasteiger partial charge in [-0.1, -0.05) is 0 Å². The number of thiol groups is 1. The number of nitriles is 1. The van der Waals surface area contributed by atoms with Crippen LogP contribution in [-0.2, 0) is 9.53 Å². The Morgan fingerprint density at radius 1 is 1.91 bits per heavy atom. The van der Waals surface area contributed by atoms with Crippen molar-refractivity contribution >= 4 is 30.4 Å². The summed E-state index contributed by atoms with van der Waals surface area (Å²) in [7, 11) is 0. The van der Waals surface area contributed by atoms with E-state index >= 15 is 0 Å². The van der Waals surface area contributed by atoms with E-state index in [1.54, 1.807) is 19.2 Å². The fraction of sp³-hybridized carbons (Fsp3) is 0.667. The standard InChI is InChI=1S/C6H9NO2S2/c1-3-9-5(8)6(10,4-7)11-2/h10H,3H2,1-2H3. The molecule has 1 unspecified atom stereocenters. The molecular weight excluding hydrogens is 182 g/mol. The minimum atomic E-state index is -1.35. The van der Waals surface area contributed by atoms with Crippen molar-refractivity contribution in [3.8, 4) is 6.07 Å². The van der Waals surface area contributed by atoms with Gasteiger partial charge in [0, 0.05) is 0 Å². The van der Waals surface area contributed by atoms with Gasteiger partial charge in [-0.2, -0.15) is 5.26 Å². The number of carbonyl (C=O) groups excluding carboxylic acids is 1. The molecule has 62 valence electrons. The van der Waals surface area contributed by atoms with Crippen LogP contribution < -0.4 is 0 Å². The molecule has 0 aromatic rings. The molecule has 5 heteroatoms. The fourth-order valence-electron chi connectivity index (χ4n) is 0.404. The van der Waals surface area contributed by atoms with Crippen LogP contribution in [0.1, 0.15) is 6.92 Å². The van der Waals surface area contributed by atoms with Gasteiger partial charge in [0.15, 0.2) is 0 Å². The average Bonchev–Trinajstić information content (AvgIpc) is 2.03. The van der Waals surface area contributed by atoms with E-state index in [0.717, 1.165) is 11.8 Å². The second kappa shape index (κ2) is 4.52. The molecule has 0 spiro atoms. The van der Waals surface area contributed by atoms with Crippen LogP contribution in [0.5, 0.6) is 0 Å². The molecule has 0 aliphatic carbocycles. The number of esters is 1. The number of carbonyl (C=O) groups is 1. The smallest absolute Gasteiger partial charge is 0.347 e. The van der Waals surface area contributed by atoms with Crippen molar-refractivity contribution in [3.63, 3.8) is 0 Å². The fourth-order valence-corrected chi connectivity index (χ4v) is 0.785. The Labute approximate surface area is 75.5 Å². The molecule has 0 aliphatic rings. The minimum absolute atomic E-state index is 0.267. The Balaban J connectivity index is 4.28. The van der Waals surface area contributed by atoms with E-state index in [4.69, 9.17) is 5.26 Å². The maximum Gasteiger partial charge on any atom is 0.347 e. The van der Waals surface area contributed by atoms with Crippen molar-refractivity contribution < 1.29 is 9.53 Å². The average molecular weight is 191 g/mol. The first-order valence-corrected chi connectivity index (χ1v) is 4.64. The van der Waals surface area contributed by atoms with Gasteiger partial charge >= 0.3 is 5.97 Å². The van der Waals surface area contributed by atoms with Crippen LogP contribution in [0.25, 0.3) is 0 Å². The van der Waals surface area contributed by atoms with Crippen LogP contribution in [-0.4, -0.2) is 22.9 Å². The van der Waals surface area contributed by atoms with E-state index in [0.29, 0.717) is 0 Å². The highest BCUT2D eigenvalue weighted by molar-refractivity contribution is 8.12. The number of nitrogens with zero attached hydrogens (tertiary/aromatic N) is 1. The highest BCUT2D eigenvalue weighted by Gasteiger charge is 2.35. The van der Waals surface area contributed by atoms with Crippen molar-refractivity contribution in [1.29, 1.82) is 5.26 Å². The zero-order valence-corrected chi connectivity index (χ0v) is 8.04. The van der Waals surface area contributed by atoms with Crippen LogP contribution in [0.2, 0.25) is 0 Å². The molecule has 3 nitrogen and oxygen atoms in total. The molecule has 11 heavy (non-hydrogen) atoms. The number of hydrogen-bond donors (Lipinski definition) is 1. The van der Waals surface area contributed by atoms with Gasteiger partial charge in [-0.25, -0.2) is 4.79 Å². The molecule has 0 heterocycles. The van der Waals surface area contributed by atoms with E-state index < -0.39 is 10.0 Å². The van der Waals surface area contributed by atoms with Crippen molar-refractivity contribution in [1.82, 2.24) is 0 Å². The van der Waals surface area contributed by atoms with Crippen molar-refractivity contribution in [2.45, 2.75) is 11.0 Å². The Morgan fingerprint density at radius 2 is 2.45 bits per heavy atom. The van der Waals surface area contributed by atoms with Crippen molar-refractivity contribution in [2.75, 3.05) is 12.9 Å². The van der Waals surface area contributed by atoms with Crippen LogP contribution in [0, 0.1) is 11.3 Å². The van der Waals surface area contributed by atoms with Gasteiger partial charge in [0.25, 0.3) is 0 Å². The summed E-state index contributed by atoms with van der Waals surface area (Å²) in [5.41, 5.74) is 0. The molecular formula is C6H9NO2S2. The molecule has 0 amide bonds. The summed E-state index contributed by atoms with van der Waals surface area (Å²) in [4.78, 5) is 11.0. The second-order valence-corrected chi connectivity index (χ2v) is 3.67. The van der Waals surface area contributed by atoms with E-state index in [9.17, 15) is 4.79 Å². The number of ether oxygens (including phenoxy) is 1. The highest BCUT2D eigenvalue weighted by Crippen LogP contribution is 2.27. The SMILES string of the molecule is CCOC(=O)C(S)(C#N)SC. The first-order chi connectivity index (χ1) is 5.10. The number of thioether (sulfide) groups is 1. The van der Waals surface area contributed by atoms with Crippen molar-refractivity contribution in [2.24, 2.45) is 0 Å². The second-order valence-electron chi connectivity index (χ2n) is 1.68. The van der Waals surface area contributed by atoms with Gasteiger partial charge in [0.1, 0.15) is 6.07 Å². The molecule has 0 saturated carbocycles. The first-order valence-electron chi connectivity index (χ1n) is 2.96. The lowest BCUT2D eigenvalue weighted by Gasteiger charge is -2.14. The molecule has 0 aromatic heterocycles. The summed E-state index contributed by atoms with van der Waals surface area (Å²) in [6, 6.07) is 1.77. The highest BCUT2D eigenvalue weighted by atomic mass is 32.2. The van der Waals surface area contributed by atoms with Gasteiger partial charge in [-0.05, 0) is 13.2 Å². The summed E-state index contributed by atoms with van der Waals surface area (Å²) in [5.74, 6) is -0.599. The van der Waals surface area contributed by atoms with Crippen LogP contribution in [0.4, 0.5) is 0 Å². The Bertz CT molecular complexity index is 190. The monoisotopic (exact) mass is 191 g/mol. The third-order valence-electron chi connectivity index (χ3n) is 0.999. The van der Waals surface area contributed by atoms with Gasteiger partial charge in [-0.3, -0.25) is 0 Å². The topological polar surface area (TPSA) is 50.1 Å². The first kappa shape index (κ1) is 10.7. The molecule has 0 bridgehead atoms. The third kappa shape index (κ3) is 2.64. The molecule has 0 radical (unpaired) electrons. The van der Waals surface area contributed by atoms with Gasteiger partial charge < -0.3 is 4.74 Å². The van der Waals surface area contributed by atoms with Crippen LogP contribution in [0.3, 0.4) is 0 Å². The maximum absolute atomic E-state index is 11.0. The van der Waals surface area contributed by atoms with E-state index in [1.807, 2.05) is 0 Å². The molecule has 0 aliphatic heterocycles. The zero-order chi connectivity index (χ0) is 8.91. The minimum Gasteiger partial charge on any atom is -0.464 e. The van der Waals surface area contributed by atoms with Crippen LogP contribution >= 0.6 is 24.4 Å². The van der Waals surface area contributed by atoms with E-state index in [1.165, 1.54) is 0 Å². The lowest BCUT2D eigenvalue weighted by atomic mass is 10.4.